The number of benzene rings is 3. The van der Waals surface area contributed by atoms with Crippen molar-refractivity contribution in [1.82, 2.24) is 0 Å². The molecule has 0 aromatic heterocycles. The number of fused-ring (bicyclic) bond motifs is 1. The van der Waals surface area contributed by atoms with E-state index in [9.17, 15) is 0 Å². The van der Waals surface area contributed by atoms with Gasteiger partial charge in [0.15, 0.2) is 0 Å². The first-order valence-electron chi connectivity index (χ1n) is 7.25. The van der Waals surface area contributed by atoms with Crippen LogP contribution in [0.4, 0.5) is 0 Å². The van der Waals surface area contributed by atoms with Gasteiger partial charge in [-0.2, -0.15) is 0 Å². The van der Waals surface area contributed by atoms with Crippen LogP contribution < -0.4 is 0 Å². The van der Waals surface area contributed by atoms with Crippen LogP contribution in [0.3, 0.4) is 0 Å². The van der Waals surface area contributed by atoms with Gasteiger partial charge in [-0.3, -0.25) is 0 Å². The summed E-state index contributed by atoms with van der Waals surface area (Å²) in [6.07, 6.45) is 0. The molecule has 2 aliphatic rings. The van der Waals surface area contributed by atoms with Crippen LogP contribution in [0.1, 0.15) is 24.0 Å². The molecule has 0 saturated heterocycles. The number of hydrogen-bond donors (Lipinski definition) is 0. The van der Waals surface area contributed by atoms with Gasteiger partial charge in [-0.1, -0.05) is 81.2 Å². The van der Waals surface area contributed by atoms with E-state index in [-0.39, 0.29) is 0 Å². The van der Waals surface area contributed by atoms with E-state index in [1.54, 1.807) is 0 Å². The van der Waals surface area contributed by atoms with Crippen molar-refractivity contribution >= 4 is 31.9 Å². The summed E-state index contributed by atoms with van der Waals surface area (Å²) in [6, 6.07) is 25.5. The maximum absolute atomic E-state index is 3.45. The van der Waals surface area contributed by atoms with Crippen LogP contribution in [-0.2, 0) is 0 Å². The standard InChI is InChI=1S/C14H12Br2.C6H4/c1-10(11-2-6-13(15)7-3-11)12-4-8-14(16)9-5-12;1-2-5-4-6(5)3-1/h2-10H,1H3;1-4H. The maximum Gasteiger partial charge on any atom is 0.0175 e. The Labute approximate surface area is 148 Å². The number of hydrogen-bond acceptors (Lipinski definition) is 0. The zero-order chi connectivity index (χ0) is 15.5. The molecular weight excluding hydrogens is 400 g/mol. The summed E-state index contributed by atoms with van der Waals surface area (Å²) >= 11 is 6.91. The highest BCUT2D eigenvalue weighted by atomic mass is 79.9. The van der Waals surface area contributed by atoms with Crippen molar-refractivity contribution in [1.29, 1.82) is 0 Å². The van der Waals surface area contributed by atoms with Crippen molar-refractivity contribution in [3.63, 3.8) is 0 Å². The second-order valence-electron chi connectivity index (χ2n) is 5.41. The van der Waals surface area contributed by atoms with Crippen molar-refractivity contribution in [2.24, 2.45) is 0 Å². The Morgan fingerprint density at radius 2 is 1.05 bits per heavy atom. The zero-order valence-corrected chi connectivity index (χ0v) is 15.4. The molecule has 0 spiro atoms. The van der Waals surface area contributed by atoms with Gasteiger partial charge >= 0.3 is 0 Å². The van der Waals surface area contributed by atoms with Gasteiger partial charge in [0, 0.05) is 14.9 Å². The summed E-state index contributed by atoms with van der Waals surface area (Å²) in [5.41, 5.74) is 5.53. The van der Waals surface area contributed by atoms with Crippen LogP contribution in [-0.4, -0.2) is 0 Å². The Morgan fingerprint density at radius 1 is 0.636 bits per heavy atom. The second-order valence-corrected chi connectivity index (χ2v) is 7.24. The van der Waals surface area contributed by atoms with Crippen molar-refractivity contribution in [3.05, 3.63) is 92.9 Å². The molecule has 2 aliphatic carbocycles. The Morgan fingerprint density at radius 3 is 1.32 bits per heavy atom. The lowest BCUT2D eigenvalue weighted by Crippen LogP contribution is -1.95. The topological polar surface area (TPSA) is 0 Å². The van der Waals surface area contributed by atoms with Crippen LogP contribution in [0.15, 0.2) is 81.7 Å². The molecule has 0 unspecified atom stereocenters. The fourth-order valence-corrected chi connectivity index (χ4v) is 2.90. The molecule has 22 heavy (non-hydrogen) atoms. The van der Waals surface area contributed by atoms with Gasteiger partial charge in [0.1, 0.15) is 0 Å². The molecule has 0 fully saturated rings. The normalized spacial score (nSPS) is 10.9. The monoisotopic (exact) mass is 414 g/mol. The van der Waals surface area contributed by atoms with Gasteiger partial charge < -0.3 is 0 Å². The molecule has 0 radical (unpaired) electrons. The molecule has 0 nitrogen and oxygen atoms in total. The van der Waals surface area contributed by atoms with Gasteiger partial charge in [0.05, 0.1) is 0 Å². The van der Waals surface area contributed by atoms with Gasteiger partial charge in [-0.15, -0.1) is 0 Å². The van der Waals surface area contributed by atoms with E-state index in [4.69, 9.17) is 0 Å². The third kappa shape index (κ3) is 3.88. The highest BCUT2D eigenvalue weighted by Crippen LogP contribution is 2.32. The smallest absolute Gasteiger partial charge is 0.0175 e. The first-order chi connectivity index (χ1) is 10.6. The number of rotatable bonds is 2. The van der Waals surface area contributed by atoms with Crippen molar-refractivity contribution in [2.75, 3.05) is 0 Å². The first kappa shape index (κ1) is 15.5. The average molecular weight is 416 g/mol. The van der Waals surface area contributed by atoms with E-state index < -0.39 is 0 Å². The van der Waals surface area contributed by atoms with Gasteiger partial charge in [-0.05, 0) is 52.6 Å². The van der Waals surface area contributed by atoms with E-state index in [2.05, 4.69) is 112 Å². The first-order valence-corrected chi connectivity index (χ1v) is 8.83. The summed E-state index contributed by atoms with van der Waals surface area (Å²) in [7, 11) is 0. The molecule has 0 saturated carbocycles. The maximum atomic E-state index is 3.45. The van der Waals surface area contributed by atoms with Crippen LogP contribution >= 0.6 is 31.9 Å². The third-order valence-electron chi connectivity index (χ3n) is 3.85. The lowest BCUT2D eigenvalue weighted by molar-refractivity contribution is 0.921. The molecule has 0 bridgehead atoms. The van der Waals surface area contributed by atoms with Gasteiger partial charge in [0.2, 0.25) is 0 Å². The lowest BCUT2D eigenvalue weighted by atomic mass is 9.93. The molecule has 110 valence electrons. The van der Waals surface area contributed by atoms with Crippen LogP contribution in [0, 0.1) is 0 Å². The third-order valence-corrected chi connectivity index (χ3v) is 4.91. The fourth-order valence-electron chi connectivity index (χ4n) is 2.37. The largest absolute Gasteiger partial charge is 0.0610 e. The van der Waals surface area contributed by atoms with Crippen molar-refractivity contribution in [3.8, 4) is 11.1 Å². The minimum atomic E-state index is 0.432. The molecule has 0 heterocycles. The van der Waals surface area contributed by atoms with Crippen molar-refractivity contribution in [2.45, 2.75) is 12.8 Å². The SMILES string of the molecule is CC(c1ccc(Br)cc1)c1ccc(Br)cc1.c1cc2cc-2c1. The average Bonchev–Trinajstić information content (AvgIpc) is 3.14. The van der Waals surface area contributed by atoms with E-state index in [1.165, 1.54) is 22.3 Å². The Bertz CT molecular complexity index is 696. The Kier molecular flexibility index (Phi) is 4.80. The van der Waals surface area contributed by atoms with Crippen LogP contribution in [0.2, 0.25) is 0 Å². The molecule has 2 aromatic carbocycles. The highest BCUT2D eigenvalue weighted by Gasteiger charge is 2.08. The summed E-state index contributed by atoms with van der Waals surface area (Å²) in [6.45, 7) is 2.23. The summed E-state index contributed by atoms with van der Waals surface area (Å²) in [5.74, 6) is 0.432. The minimum Gasteiger partial charge on any atom is -0.0610 e. The lowest BCUT2D eigenvalue weighted by Gasteiger charge is -2.12. The van der Waals surface area contributed by atoms with E-state index in [1.807, 2.05) is 0 Å². The fraction of sp³-hybridized carbons (Fsp3) is 0.100. The van der Waals surface area contributed by atoms with Gasteiger partial charge in [-0.25, -0.2) is 0 Å². The van der Waals surface area contributed by atoms with E-state index >= 15 is 0 Å². The molecule has 0 amide bonds. The predicted octanol–water partition coefficient (Wildman–Crippen LogP) is 7.03. The van der Waals surface area contributed by atoms with Crippen LogP contribution in [0.5, 0.6) is 0 Å². The molecule has 2 aromatic rings. The molecule has 4 rings (SSSR count). The quantitative estimate of drug-likeness (QED) is 0.329. The summed E-state index contributed by atoms with van der Waals surface area (Å²) in [4.78, 5) is 0. The second kappa shape index (κ2) is 6.80. The molecule has 0 atom stereocenters. The van der Waals surface area contributed by atoms with E-state index in [0.717, 1.165) is 8.95 Å². The Hall–Kier alpha value is -1.38. The highest BCUT2D eigenvalue weighted by molar-refractivity contribution is 9.10. The summed E-state index contributed by atoms with van der Waals surface area (Å²) < 4.78 is 2.25. The molecule has 0 aliphatic heterocycles. The van der Waals surface area contributed by atoms with Crippen LogP contribution in [0.25, 0.3) is 11.1 Å². The zero-order valence-electron chi connectivity index (χ0n) is 12.3. The van der Waals surface area contributed by atoms with Crippen molar-refractivity contribution < 1.29 is 0 Å². The molecule has 0 N–H and O–H groups in total. The Balaban J connectivity index is 0.000000196. The number of halogens is 2. The van der Waals surface area contributed by atoms with E-state index in [0.29, 0.717) is 5.92 Å². The minimum absolute atomic E-state index is 0.432. The molecular formula is C20H16Br2. The van der Waals surface area contributed by atoms with Gasteiger partial charge in [0.25, 0.3) is 0 Å². The molecule has 2 heteroatoms. The summed E-state index contributed by atoms with van der Waals surface area (Å²) in [5, 5.41) is 0. The predicted molar refractivity (Wildman–Crippen MR) is 101 cm³/mol.